The van der Waals surface area contributed by atoms with E-state index in [0.717, 1.165) is 24.9 Å². The SMILES string of the molecule is CC1NCCCC1NC(=O)c1cc(-c2ccccc2Cl)n[nH]1.Cl. The van der Waals surface area contributed by atoms with Gasteiger partial charge in [-0.25, -0.2) is 0 Å². The lowest BCUT2D eigenvalue weighted by molar-refractivity contribution is 0.0914. The van der Waals surface area contributed by atoms with Gasteiger partial charge in [-0.3, -0.25) is 9.89 Å². The van der Waals surface area contributed by atoms with Crippen LogP contribution in [0.25, 0.3) is 11.3 Å². The Kier molecular flexibility index (Phi) is 6.04. The summed E-state index contributed by atoms with van der Waals surface area (Å²) >= 11 is 6.16. The molecule has 2 unspecified atom stereocenters. The number of nitrogens with one attached hydrogen (secondary N) is 3. The van der Waals surface area contributed by atoms with Gasteiger partial charge in [0.15, 0.2) is 0 Å². The van der Waals surface area contributed by atoms with Gasteiger partial charge in [0.1, 0.15) is 5.69 Å². The minimum absolute atomic E-state index is 0. The molecule has 2 atom stereocenters. The monoisotopic (exact) mass is 354 g/mol. The molecule has 0 bridgehead atoms. The number of H-pyrrole nitrogens is 1. The van der Waals surface area contributed by atoms with Crippen LogP contribution in [0.15, 0.2) is 30.3 Å². The topological polar surface area (TPSA) is 69.8 Å². The van der Waals surface area contributed by atoms with Crippen molar-refractivity contribution in [3.63, 3.8) is 0 Å². The molecule has 1 aliphatic rings. The summed E-state index contributed by atoms with van der Waals surface area (Å²) in [5, 5.41) is 14.0. The van der Waals surface area contributed by atoms with Gasteiger partial charge in [0.2, 0.25) is 0 Å². The van der Waals surface area contributed by atoms with Crippen LogP contribution in [0.5, 0.6) is 0 Å². The van der Waals surface area contributed by atoms with E-state index in [1.807, 2.05) is 18.2 Å². The molecule has 3 N–H and O–H groups in total. The molecule has 1 aromatic heterocycles. The van der Waals surface area contributed by atoms with Crippen molar-refractivity contribution in [1.82, 2.24) is 20.8 Å². The van der Waals surface area contributed by atoms with Crippen LogP contribution in [0.2, 0.25) is 5.02 Å². The predicted molar refractivity (Wildman–Crippen MR) is 94.2 cm³/mol. The number of hydrogen-bond acceptors (Lipinski definition) is 3. The highest BCUT2D eigenvalue weighted by molar-refractivity contribution is 6.33. The van der Waals surface area contributed by atoms with Gasteiger partial charge < -0.3 is 10.6 Å². The maximum Gasteiger partial charge on any atom is 0.269 e. The average molecular weight is 355 g/mol. The number of piperidine rings is 1. The van der Waals surface area contributed by atoms with E-state index in [1.54, 1.807) is 12.1 Å². The highest BCUT2D eigenvalue weighted by atomic mass is 35.5. The van der Waals surface area contributed by atoms with E-state index in [2.05, 4.69) is 27.8 Å². The standard InChI is InChI=1S/C16H19ClN4O.ClH/c1-10-13(7-4-8-18-10)19-16(22)15-9-14(20-21-15)11-5-2-3-6-12(11)17;/h2-3,5-6,9-10,13,18H,4,7-8H2,1H3,(H,19,22)(H,20,21);1H. The molecular formula is C16H20Cl2N4O. The van der Waals surface area contributed by atoms with Crippen molar-refractivity contribution in [3.8, 4) is 11.3 Å². The molecule has 5 nitrogen and oxygen atoms in total. The molecule has 1 saturated heterocycles. The second-order valence-electron chi connectivity index (χ2n) is 5.61. The largest absolute Gasteiger partial charge is 0.346 e. The van der Waals surface area contributed by atoms with Gasteiger partial charge in [-0.2, -0.15) is 5.10 Å². The zero-order chi connectivity index (χ0) is 15.5. The second-order valence-corrected chi connectivity index (χ2v) is 6.02. The van der Waals surface area contributed by atoms with Gasteiger partial charge in [0.05, 0.1) is 10.7 Å². The molecule has 2 heterocycles. The first-order valence-corrected chi connectivity index (χ1v) is 7.87. The van der Waals surface area contributed by atoms with E-state index in [-0.39, 0.29) is 30.4 Å². The number of rotatable bonds is 3. The zero-order valence-corrected chi connectivity index (χ0v) is 14.4. The van der Waals surface area contributed by atoms with Crippen molar-refractivity contribution >= 4 is 29.9 Å². The number of carbonyl (C=O) groups excluding carboxylic acids is 1. The molecule has 0 spiro atoms. The number of hydrogen-bond donors (Lipinski definition) is 3. The summed E-state index contributed by atoms with van der Waals surface area (Å²) in [5.74, 6) is -0.133. The van der Waals surface area contributed by atoms with Crippen LogP contribution in [0.3, 0.4) is 0 Å². The first-order chi connectivity index (χ1) is 10.6. The Bertz CT molecular complexity index is 674. The highest BCUT2D eigenvalue weighted by Crippen LogP contribution is 2.26. The second kappa shape index (κ2) is 7.81. The molecule has 7 heteroatoms. The van der Waals surface area contributed by atoms with E-state index in [4.69, 9.17) is 11.6 Å². The van der Waals surface area contributed by atoms with Crippen LogP contribution in [-0.2, 0) is 0 Å². The number of carbonyl (C=O) groups is 1. The Labute approximate surface area is 146 Å². The lowest BCUT2D eigenvalue weighted by atomic mass is 10.00. The van der Waals surface area contributed by atoms with E-state index < -0.39 is 0 Å². The lowest BCUT2D eigenvalue weighted by Gasteiger charge is -2.30. The smallest absolute Gasteiger partial charge is 0.269 e. The van der Waals surface area contributed by atoms with Crippen molar-refractivity contribution in [2.45, 2.75) is 31.8 Å². The number of amides is 1. The van der Waals surface area contributed by atoms with Crippen molar-refractivity contribution in [2.75, 3.05) is 6.54 Å². The molecule has 0 radical (unpaired) electrons. The van der Waals surface area contributed by atoms with Gasteiger partial charge >= 0.3 is 0 Å². The molecule has 0 saturated carbocycles. The maximum atomic E-state index is 12.3. The van der Waals surface area contributed by atoms with Gasteiger partial charge in [-0.1, -0.05) is 29.8 Å². The summed E-state index contributed by atoms with van der Waals surface area (Å²) in [6.45, 7) is 3.10. The molecule has 2 aromatic rings. The van der Waals surface area contributed by atoms with Gasteiger partial charge in [0, 0.05) is 17.6 Å². The summed E-state index contributed by atoms with van der Waals surface area (Å²) in [4.78, 5) is 12.3. The molecular weight excluding hydrogens is 335 g/mol. The lowest BCUT2D eigenvalue weighted by Crippen LogP contribution is -2.51. The maximum absolute atomic E-state index is 12.3. The van der Waals surface area contributed by atoms with Crippen molar-refractivity contribution < 1.29 is 4.79 Å². The molecule has 1 aromatic carbocycles. The number of benzene rings is 1. The molecule has 0 aliphatic carbocycles. The number of aromatic nitrogens is 2. The van der Waals surface area contributed by atoms with Crippen LogP contribution >= 0.6 is 24.0 Å². The van der Waals surface area contributed by atoms with Crippen molar-refractivity contribution in [1.29, 1.82) is 0 Å². The summed E-state index contributed by atoms with van der Waals surface area (Å²) < 4.78 is 0. The average Bonchev–Trinajstić information content (AvgIpc) is 3.00. The van der Waals surface area contributed by atoms with Crippen LogP contribution in [-0.4, -0.2) is 34.7 Å². The fraction of sp³-hybridized carbons (Fsp3) is 0.375. The molecule has 1 amide bonds. The van der Waals surface area contributed by atoms with E-state index >= 15 is 0 Å². The molecule has 3 rings (SSSR count). The Morgan fingerprint density at radius 2 is 2.17 bits per heavy atom. The predicted octanol–water partition coefficient (Wildman–Crippen LogP) is 3.02. The van der Waals surface area contributed by atoms with Gasteiger partial charge in [0.25, 0.3) is 5.91 Å². The van der Waals surface area contributed by atoms with Crippen molar-refractivity contribution in [3.05, 3.63) is 41.0 Å². The number of aromatic amines is 1. The Morgan fingerprint density at radius 3 is 2.91 bits per heavy atom. The zero-order valence-electron chi connectivity index (χ0n) is 12.8. The summed E-state index contributed by atoms with van der Waals surface area (Å²) in [5.41, 5.74) is 1.94. The third-order valence-corrected chi connectivity index (χ3v) is 4.38. The molecule has 1 aliphatic heterocycles. The fourth-order valence-corrected chi connectivity index (χ4v) is 2.96. The molecule has 124 valence electrons. The van der Waals surface area contributed by atoms with Gasteiger partial charge in [-0.15, -0.1) is 12.4 Å². The van der Waals surface area contributed by atoms with Crippen molar-refractivity contribution in [2.24, 2.45) is 0 Å². The van der Waals surface area contributed by atoms with E-state index in [1.165, 1.54) is 0 Å². The quantitative estimate of drug-likeness (QED) is 0.793. The number of halogens is 2. The van der Waals surface area contributed by atoms with E-state index in [9.17, 15) is 4.79 Å². The van der Waals surface area contributed by atoms with Crippen LogP contribution in [0, 0.1) is 0 Å². The van der Waals surface area contributed by atoms with Crippen LogP contribution in [0.1, 0.15) is 30.3 Å². The third kappa shape index (κ3) is 4.05. The first-order valence-electron chi connectivity index (χ1n) is 7.49. The van der Waals surface area contributed by atoms with Gasteiger partial charge in [-0.05, 0) is 38.4 Å². The Morgan fingerprint density at radius 1 is 1.39 bits per heavy atom. The summed E-state index contributed by atoms with van der Waals surface area (Å²) in [6.07, 6.45) is 2.06. The minimum atomic E-state index is -0.133. The third-order valence-electron chi connectivity index (χ3n) is 4.05. The fourth-order valence-electron chi connectivity index (χ4n) is 2.73. The summed E-state index contributed by atoms with van der Waals surface area (Å²) in [6, 6.07) is 9.61. The highest BCUT2D eigenvalue weighted by Gasteiger charge is 2.23. The van der Waals surface area contributed by atoms with Crippen LogP contribution in [0.4, 0.5) is 0 Å². The Balaban J connectivity index is 0.00000192. The minimum Gasteiger partial charge on any atom is -0.346 e. The first kappa shape index (κ1) is 17.8. The summed E-state index contributed by atoms with van der Waals surface area (Å²) in [7, 11) is 0. The Hall–Kier alpha value is -1.56. The number of nitrogens with zero attached hydrogens (tertiary/aromatic N) is 1. The molecule has 1 fully saturated rings. The van der Waals surface area contributed by atoms with E-state index in [0.29, 0.717) is 16.4 Å². The van der Waals surface area contributed by atoms with Crippen LogP contribution < -0.4 is 10.6 Å². The molecule has 23 heavy (non-hydrogen) atoms. The normalized spacial score (nSPS) is 20.6.